The predicted molar refractivity (Wildman–Crippen MR) is 68.0 cm³/mol. The summed E-state index contributed by atoms with van der Waals surface area (Å²) in [7, 11) is 0. The van der Waals surface area contributed by atoms with Gasteiger partial charge in [0.1, 0.15) is 0 Å². The van der Waals surface area contributed by atoms with Gasteiger partial charge in [0.2, 0.25) is 0 Å². The molecule has 0 aliphatic heterocycles. The van der Waals surface area contributed by atoms with E-state index in [0.29, 0.717) is 0 Å². The summed E-state index contributed by atoms with van der Waals surface area (Å²) in [6, 6.07) is 18.4. The molecule has 0 saturated carbocycles. The monoisotopic (exact) mass is 212 g/mol. The molecule has 2 nitrogen and oxygen atoms in total. The minimum atomic E-state index is 0.728. The van der Waals surface area contributed by atoms with Crippen LogP contribution in [0.3, 0.4) is 0 Å². The molecule has 2 aromatic carbocycles. The summed E-state index contributed by atoms with van der Waals surface area (Å²) in [6.07, 6.45) is 0. The number of hydrogen-bond donors (Lipinski definition) is 1. The van der Waals surface area contributed by atoms with Gasteiger partial charge in [0.25, 0.3) is 0 Å². The zero-order valence-corrected chi connectivity index (χ0v) is 9.43. The molecule has 0 saturated heterocycles. The zero-order chi connectivity index (χ0) is 11.4. The predicted octanol–water partition coefficient (Wildman–Crippen LogP) is 2.88. The van der Waals surface area contributed by atoms with E-state index in [0.717, 1.165) is 12.2 Å². The van der Waals surface area contributed by atoms with Crippen LogP contribution >= 0.6 is 0 Å². The van der Waals surface area contributed by atoms with Crippen LogP contribution in [-0.4, -0.2) is 0 Å². The molecule has 2 aromatic rings. The van der Waals surface area contributed by atoms with E-state index in [4.69, 9.17) is 5.84 Å². The van der Waals surface area contributed by atoms with Gasteiger partial charge in [-0.15, -0.1) is 0 Å². The highest BCUT2D eigenvalue weighted by Gasteiger charge is 2.04. The fourth-order valence-corrected chi connectivity index (χ4v) is 1.75. The normalized spacial score (nSPS) is 10.1. The Bertz CT molecular complexity index is 451. The number of nitrogens with zero attached hydrogens (tertiary/aromatic N) is 1. The molecule has 0 atom stereocenters. The van der Waals surface area contributed by atoms with Gasteiger partial charge in [-0.3, -0.25) is 0 Å². The summed E-state index contributed by atoms with van der Waals surface area (Å²) in [6.45, 7) is 2.80. The molecular weight excluding hydrogens is 196 g/mol. The second-order valence-corrected chi connectivity index (χ2v) is 3.90. The van der Waals surface area contributed by atoms with Crippen LogP contribution < -0.4 is 10.9 Å². The zero-order valence-electron chi connectivity index (χ0n) is 9.43. The lowest BCUT2D eigenvalue weighted by Crippen LogP contribution is -2.30. The van der Waals surface area contributed by atoms with Gasteiger partial charge in [-0.05, 0) is 24.1 Å². The molecule has 0 aromatic heterocycles. The van der Waals surface area contributed by atoms with Crippen molar-refractivity contribution in [3.8, 4) is 0 Å². The Morgan fingerprint density at radius 1 is 0.938 bits per heavy atom. The molecule has 0 radical (unpaired) electrons. The Kier molecular flexibility index (Phi) is 3.22. The highest BCUT2D eigenvalue weighted by Crippen LogP contribution is 2.18. The van der Waals surface area contributed by atoms with E-state index in [2.05, 4.69) is 25.1 Å². The van der Waals surface area contributed by atoms with Gasteiger partial charge in [-0.25, -0.2) is 5.84 Å². The van der Waals surface area contributed by atoms with Crippen LogP contribution in [0, 0.1) is 6.92 Å². The van der Waals surface area contributed by atoms with Crippen LogP contribution in [-0.2, 0) is 6.54 Å². The first kappa shape index (κ1) is 10.7. The minimum absolute atomic E-state index is 0.728. The van der Waals surface area contributed by atoms with Crippen molar-refractivity contribution in [2.45, 2.75) is 13.5 Å². The third-order valence-corrected chi connectivity index (χ3v) is 2.62. The van der Waals surface area contributed by atoms with Crippen molar-refractivity contribution in [1.82, 2.24) is 0 Å². The summed E-state index contributed by atoms with van der Waals surface area (Å²) >= 11 is 0. The molecule has 0 bridgehead atoms. The summed E-state index contributed by atoms with van der Waals surface area (Å²) in [5, 5.41) is 1.78. The van der Waals surface area contributed by atoms with E-state index in [9.17, 15) is 0 Å². The molecule has 0 aliphatic carbocycles. The highest BCUT2D eigenvalue weighted by molar-refractivity contribution is 5.51. The van der Waals surface area contributed by atoms with E-state index in [1.54, 1.807) is 5.01 Å². The van der Waals surface area contributed by atoms with E-state index >= 15 is 0 Å². The first-order valence-corrected chi connectivity index (χ1v) is 5.39. The Labute approximate surface area is 96.3 Å². The largest absolute Gasteiger partial charge is 0.306 e. The maximum absolute atomic E-state index is 6.06. The first-order chi connectivity index (χ1) is 7.77. The number of para-hydroxylation sites is 1. The van der Waals surface area contributed by atoms with E-state index in [1.807, 2.05) is 36.4 Å². The summed E-state index contributed by atoms with van der Waals surface area (Å²) in [5.74, 6) is 6.06. The van der Waals surface area contributed by atoms with Crippen molar-refractivity contribution < 1.29 is 0 Å². The molecule has 2 heteroatoms. The topological polar surface area (TPSA) is 29.3 Å². The number of benzene rings is 2. The van der Waals surface area contributed by atoms with Crippen LogP contribution in [0.1, 0.15) is 11.1 Å². The highest BCUT2D eigenvalue weighted by atomic mass is 15.4. The van der Waals surface area contributed by atoms with Crippen LogP contribution in [0.5, 0.6) is 0 Å². The number of nitrogens with two attached hydrogens (primary N) is 1. The molecule has 2 rings (SSSR count). The minimum Gasteiger partial charge on any atom is -0.306 e. The van der Waals surface area contributed by atoms with Gasteiger partial charge < -0.3 is 5.01 Å². The number of anilines is 1. The summed E-state index contributed by atoms with van der Waals surface area (Å²) < 4.78 is 0. The maximum atomic E-state index is 6.06. The van der Waals surface area contributed by atoms with Crippen molar-refractivity contribution in [1.29, 1.82) is 0 Å². The van der Waals surface area contributed by atoms with Gasteiger partial charge >= 0.3 is 0 Å². The van der Waals surface area contributed by atoms with Gasteiger partial charge in [-0.1, -0.05) is 48.5 Å². The van der Waals surface area contributed by atoms with Gasteiger partial charge in [-0.2, -0.15) is 0 Å². The lowest BCUT2D eigenvalue weighted by Gasteiger charge is -2.20. The number of hydrogen-bond acceptors (Lipinski definition) is 2. The Hall–Kier alpha value is -1.80. The standard InChI is InChI=1S/C14H16N2/c1-12-7-5-6-10-14(12)16(15)11-13-8-3-2-4-9-13/h2-10H,11,15H2,1H3. The smallest absolute Gasteiger partial charge is 0.0592 e. The van der Waals surface area contributed by atoms with Gasteiger partial charge in [0.05, 0.1) is 12.2 Å². The van der Waals surface area contributed by atoms with Crippen molar-refractivity contribution in [2.24, 2.45) is 5.84 Å². The van der Waals surface area contributed by atoms with Crippen LogP contribution in [0.25, 0.3) is 0 Å². The molecule has 2 N–H and O–H groups in total. The second-order valence-electron chi connectivity index (χ2n) is 3.90. The lowest BCUT2D eigenvalue weighted by molar-refractivity contribution is 0.848. The molecule has 0 unspecified atom stereocenters. The van der Waals surface area contributed by atoms with E-state index in [-0.39, 0.29) is 0 Å². The number of rotatable bonds is 3. The fraction of sp³-hybridized carbons (Fsp3) is 0.143. The average Bonchev–Trinajstić information content (AvgIpc) is 2.31. The van der Waals surface area contributed by atoms with Gasteiger partial charge in [0.15, 0.2) is 0 Å². The molecule has 16 heavy (non-hydrogen) atoms. The molecule has 0 amide bonds. The fourth-order valence-electron chi connectivity index (χ4n) is 1.75. The second kappa shape index (κ2) is 4.81. The Morgan fingerprint density at radius 2 is 1.56 bits per heavy atom. The first-order valence-electron chi connectivity index (χ1n) is 5.39. The van der Waals surface area contributed by atoms with Crippen molar-refractivity contribution in [3.63, 3.8) is 0 Å². The molecule has 0 spiro atoms. The van der Waals surface area contributed by atoms with Crippen LogP contribution in [0.2, 0.25) is 0 Å². The van der Waals surface area contributed by atoms with Crippen molar-refractivity contribution in [2.75, 3.05) is 5.01 Å². The summed E-state index contributed by atoms with van der Waals surface area (Å²) in [5.41, 5.74) is 3.49. The Morgan fingerprint density at radius 3 is 2.25 bits per heavy atom. The SMILES string of the molecule is Cc1ccccc1N(N)Cc1ccccc1. The molecule has 82 valence electrons. The quantitative estimate of drug-likeness (QED) is 0.626. The van der Waals surface area contributed by atoms with Crippen molar-refractivity contribution in [3.05, 3.63) is 65.7 Å². The maximum Gasteiger partial charge on any atom is 0.0592 e. The van der Waals surface area contributed by atoms with Crippen LogP contribution in [0.15, 0.2) is 54.6 Å². The van der Waals surface area contributed by atoms with E-state index in [1.165, 1.54) is 11.1 Å². The molecule has 0 aliphatic rings. The molecular formula is C14H16N2. The number of aryl methyl sites for hydroxylation is 1. The lowest BCUT2D eigenvalue weighted by atomic mass is 10.1. The third-order valence-electron chi connectivity index (χ3n) is 2.62. The molecule has 0 fully saturated rings. The van der Waals surface area contributed by atoms with E-state index < -0.39 is 0 Å². The third kappa shape index (κ3) is 2.41. The van der Waals surface area contributed by atoms with Crippen molar-refractivity contribution >= 4 is 5.69 Å². The summed E-state index contributed by atoms with van der Waals surface area (Å²) in [4.78, 5) is 0. The molecule has 0 heterocycles. The average molecular weight is 212 g/mol. The van der Waals surface area contributed by atoms with Crippen LogP contribution in [0.4, 0.5) is 5.69 Å². The number of hydrazine groups is 1. The Balaban J connectivity index is 2.15. The van der Waals surface area contributed by atoms with Gasteiger partial charge in [0, 0.05) is 0 Å².